The van der Waals surface area contributed by atoms with Gasteiger partial charge in [0.1, 0.15) is 11.5 Å². The smallest absolute Gasteiger partial charge is 0.255 e. The van der Waals surface area contributed by atoms with E-state index in [9.17, 15) is 4.79 Å². The summed E-state index contributed by atoms with van der Waals surface area (Å²) in [7, 11) is 0.306. The number of carbonyl (C=O) groups excluding carboxylic acids is 1. The second-order valence-corrected chi connectivity index (χ2v) is 5.50. The van der Waals surface area contributed by atoms with Gasteiger partial charge in [0, 0.05) is 0 Å². The Balaban J connectivity index is 2.34. The van der Waals surface area contributed by atoms with Crippen LogP contribution < -0.4 is 0 Å². The topological polar surface area (TPSA) is 17.1 Å². The maximum absolute atomic E-state index is 11.4. The molecule has 0 radical (unpaired) electrons. The van der Waals surface area contributed by atoms with Gasteiger partial charge in [0.15, 0.2) is 5.75 Å². The summed E-state index contributed by atoms with van der Waals surface area (Å²) in [6.45, 7) is 1.72. The number of ketones is 1. The normalized spacial score (nSPS) is 13.9. The molecule has 1 nitrogen and oxygen atoms in total. The molecule has 1 saturated heterocycles. The number of carbonyl (C=O) groups is 1. The average Bonchev–Trinajstić information content (AvgIpc) is 2.70. The molecule has 0 aromatic heterocycles. The highest BCUT2D eigenvalue weighted by Gasteiger charge is 2.25. The third-order valence-corrected chi connectivity index (χ3v) is 4.37. The molecule has 0 atom stereocenters. The fraction of sp³-hybridized carbons (Fsp3) is 0.462. The maximum atomic E-state index is 11.4. The zero-order valence-electron chi connectivity index (χ0n) is 8.85. The standard InChI is InChI=1S/C13H13OS/c1-2-3-4-5-6-9-13(14)12-15-10-7-8-11-15/h7-8,10-12H2,1H3/q+1. The van der Waals surface area contributed by atoms with Gasteiger partial charge in [0.05, 0.1) is 0 Å². The molecule has 0 aromatic rings. The van der Waals surface area contributed by atoms with Crippen LogP contribution in [0.5, 0.6) is 0 Å². The molecule has 1 fully saturated rings. The second kappa shape index (κ2) is 7.05. The Hall–Kier alpha value is -1.30. The Labute approximate surface area is 94.4 Å². The number of hydrogen-bond acceptors (Lipinski definition) is 1. The third-order valence-electron chi connectivity index (χ3n) is 1.97. The van der Waals surface area contributed by atoms with Crippen molar-refractivity contribution in [2.24, 2.45) is 0 Å². The molecule has 1 rings (SSSR count). The minimum atomic E-state index is 0.0268. The van der Waals surface area contributed by atoms with E-state index in [1.165, 1.54) is 24.3 Å². The highest BCUT2D eigenvalue weighted by Crippen LogP contribution is 2.12. The molecule has 0 aliphatic carbocycles. The summed E-state index contributed by atoms with van der Waals surface area (Å²) >= 11 is 0. The third kappa shape index (κ3) is 5.21. The highest BCUT2D eigenvalue weighted by atomic mass is 32.2. The summed E-state index contributed by atoms with van der Waals surface area (Å²) < 4.78 is 0. The Morgan fingerprint density at radius 2 is 1.80 bits per heavy atom. The average molecular weight is 217 g/mol. The minimum absolute atomic E-state index is 0.0268. The molecule has 1 aliphatic rings. The zero-order valence-corrected chi connectivity index (χ0v) is 9.67. The van der Waals surface area contributed by atoms with Gasteiger partial charge >= 0.3 is 0 Å². The lowest BCUT2D eigenvalue weighted by Crippen LogP contribution is -2.16. The van der Waals surface area contributed by atoms with Crippen LogP contribution in [-0.4, -0.2) is 23.0 Å². The number of hydrogen-bond donors (Lipinski definition) is 0. The number of Topliss-reactive ketones (excluding diaryl/α,β-unsaturated/α-hetero) is 1. The molecule has 15 heavy (non-hydrogen) atoms. The first kappa shape index (κ1) is 11.8. The lowest BCUT2D eigenvalue weighted by molar-refractivity contribution is -0.111. The van der Waals surface area contributed by atoms with Crippen LogP contribution in [0, 0.1) is 35.5 Å². The molecule has 2 heteroatoms. The molecule has 1 heterocycles. The second-order valence-electron chi connectivity index (χ2n) is 3.17. The van der Waals surface area contributed by atoms with Crippen LogP contribution in [0.25, 0.3) is 0 Å². The summed E-state index contributed by atoms with van der Waals surface area (Å²) in [6.07, 6.45) is 2.55. The molecule has 1 aliphatic heterocycles. The van der Waals surface area contributed by atoms with E-state index in [-0.39, 0.29) is 5.78 Å². The van der Waals surface area contributed by atoms with Gasteiger partial charge in [-0.25, -0.2) is 0 Å². The van der Waals surface area contributed by atoms with Gasteiger partial charge in [-0.05, 0) is 60.3 Å². The van der Waals surface area contributed by atoms with E-state index in [4.69, 9.17) is 0 Å². The van der Waals surface area contributed by atoms with E-state index in [1.807, 2.05) is 0 Å². The van der Waals surface area contributed by atoms with Crippen LogP contribution in [0.1, 0.15) is 19.8 Å². The lowest BCUT2D eigenvalue weighted by atomic mass is 10.4. The van der Waals surface area contributed by atoms with Crippen LogP contribution in [0.2, 0.25) is 0 Å². The van der Waals surface area contributed by atoms with Crippen molar-refractivity contribution in [2.45, 2.75) is 19.8 Å². The maximum Gasteiger partial charge on any atom is 0.255 e. The molecular weight excluding hydrogens is 204 g/mol. The first-order chi connectivity index (χ1) is 7.33. The van der Waals surface area contributed by atoms with Crippen LogP contribution in [0.3, 0.4) is 0 Å². The van der Waals surface area contributed by atoms with E-state index in [0.29, 0.717) is 16.6 Å². The fourth-order valence-corrected chi connectivity index (χ4v) is 3.47. The van der Waals surface area contributed by atoms with Gasteiger partial charge in [-0.2, -0.15) is 0 Å². The van der Waals surface area contributed by atoms with Gasteiger partial charge < -0.3 is 0 Å². The Bertz CT molecular complexity index is 397. The molecule has 0 spiro atoms. The van der Waals surface area contributed by atoms with Gasteiger partial charge in [-0.1, -0.05) is 5.92 Å². The van der Waals surface area contributed by atoms with E-state index < -0.39 is 0 Å². The first-order valence-corrected chi connectivity index (χ1v) is 6.66. The summed E-state index contributed by atoms with van der Waals surface area (Å²) in [6, 6.07) is 0. The predicted octanol–water partition coefficient (Wildman–Crippen LogP) is 0.998. The van der Waals surface area contributed by atoms with Crippen molar-refractivity contribution in [3.05, 3.63) is 0 Å². The Morgan fingerprint density at radius 3 is 2.47 bits per heavy atom. The van der Waals surface area contributed by atoms with Crippen molar-refractivity contribution < 1.29 is 4.79 Å². The molecule has 0 saturated carbocycles. The van der Waals surface area contributed by atoms with E-state index >= 15 is 0 Å². The molecule has 0 unspecified atom stereocenters. The molecule has 76 valence electrons. The number of rotatable bonds is 2. The van der Waals surface area contributed by atoms with E-state index in [1.54, 1.807) is 6.92 Å². The fourth-order valence-electron chi connectivity index (χ4n) is 1.31. The van der Waals surface area contributed by atoms with Crippen molar-refractivity contribution >= 4 is 16.7 Å². The SMILES string of the molecule is CC#CC#CC#CC(=O)C[S+]1CCCC1. The van der Waals surface area contributed by atoms with Gasteiger partial charge in [0.25, 0.3) is 5.78 Å². The van der Waals surface area contributed by atoms with E-state index in [0.717, 1.165) is 0 Å². The van der Waals surface area contributed by atoms with Crippen molar-refractivity contribution in [2.75, 3.05) is 17.3 Å². The largest absolute Gasteiger partial charge is 0.279 e. The van der Waals surface area contributed by atoms with Gasteiger partial charge in [-0.3, -0.25) is 4.79 Å². The minimum Gasteiger partial charge on any atom is -0.279 e. The highest BCUT2D eigenvalue weighted by molar-refractivity contribution is 7.97. The van der Waals surface area contributed by atoms with E-state index in [2.05, 4.69) is 35.5 Å². The van der Waals surface area contributed by atoms with Crippen molar-refractivity contribution in [3.63, 3.8) is 0 Å². The lowest BCUT2D eigenvalue weighted by Gasteiger charge is -1.93. The Kier molecular flexibility index (Phi) is 5.54. The summed E-state index contributed by atoms with van der Waals surface area (Å²) in [5.41, 5.74) is 0. The van der Waals surface area contributed by atoms with Crippen molar-refractivity contribution in [3.8, 4) is 35.5 Å². The van der Waals surface area contributed by atoms with Crippen molar-refractivity contribution in [1.82, 2.24) is 0 Å². The van der Waals surface area contributed by atoms with Crippen LogP contribution in [0.15, 0.2) is 0 Å². The van der Waals surface area contributed by atoms with Crippen LogP contribution >= 0.6 is 0 Å². The first-order valence-electron chi connectivity index (χ1n) is 4.92. The van der Waals surface area contributed by atoms with Crippen LogP contribution in [0.4, 0.5) is 0 Å². The monoisotopic (exact) mass is 217 g/mol. The Morgan fingerprint density at radius 1 is 1.13 bits per heavy atom. The summed E-state index contributed by atoms with van der Waals surface area (Å²) in [5.74, 6) is 18.5. The van der Waals surface area contributed by atoms with Crippen molar-refractivity contribution in [1.29, 1.82) is 0 Å². The summed E-state index contributed by atoms with van der Waals surface area (Å²) in [5, 5.41) is 0. The van der Waals surface area contributed by atoms with Gasteiger partial charge in [0.2, 0.25) is 0 Å². The molecule has 0 N–H and O–H groups in total. The molecule has 0 amide bonds. The quantitative estimate of drug-likeness (QED) is 0.383. The molecule has 0 aromatic carbocycles. The van der Waals surface area contributed by atoms with Crippen LogP contribution in [-0.2, 0) is 15.7 Å². The molecular formula is C13H13OS+. The summed E-state index contributed by atoms with van der Waals surface area (Å²) in [4.78, 5) is 11.4. The zero-order chi connectivity index (χ0) is 10.9. The van der Waals surface area contributed by atoms with Gasteiger partial charge in [-0.15, -0.1) is 0 Å². The molecule has 0 bridgehead atoms. The predicted molar refractivity (Wildman–Crippen MR) is 65.2 cm³/mol.